The van der Waals surface area contributed by atoms with Gasteiger partial charge in [-0.15, -0.1) is 0 Å². The van der Waals surface area contributed by atoms with Gasteiger partial charge in [-0.25, -0.2) is 0 Å². The molecule has 0 fully saturated rings. The average molecular weight is 293 g/mol. The Morgan fingerprint density at radius 2 is 2.10 bits per heavy atom. The molecule has 1 aromatic rings. The number of methoxy groups -OCH3 is 1. The Bertz CT molecular complexity index is 447. The van der Waals surface area contributed by atoms with E-state index in [2.05, 4.69) is 10.6 Å². The zero-order chi connectivity index (χ0) is 15.7. The summed E-state index contributed by atoms with van der Waals surface area (Å²) in [6, 6.07) is 7.90. The molecule has 118 valence electrons. The number of benzene rings is 1. The monoisotopic (exact) mass is 293 g/mol. The molecule has 0 spiro atoms. The predicted molar refractivity (Wildman–Crippen MR) is 86.2 cm³/mol. The number of amides is 1. The molecular weight excluding hydrogens is 266 g/mol. The number of ether oxygens (including phenoxy) is 1. The van der Waals surface area contributed by atoms with Crippen molar-refractivity contribution in [1.29, 1.82) is 0 Å². The van der Waals surface area contributed by atoms with Gasteiger partial charge in [-0.1, -0.05) is 31.5 Å². The minimum Gasteiger partial charge on any atom is -0.383 e. The van der Waals surface area contributed by atoms with Crippen LogP contribution in [0.4, 0.5) is 5.69 Å². The average Bonchev–Trinajstić information content (AvgIpc) is 2.46. The molecule has 0 aromatic heterocycles. The van der Waals surface area contributed by atoms with Crippen LogP contribution in [0.2, 0.25) is 0 Å². The van der Waals surface area contributed by atoms with Crippen molar-refractivity contribution >= 4 is 11.6 Å². The summed E-state index contributed by atoms with van der Waals surface area (Å²) in [5.41, 5.74) is 7.25. The topological polar surface area (TPSA) is 76.4 Å². The zero-order valence-corrected chi connectivity index (χ0v) is 13.2. The van der Waals surface area contributed by atoms with Crippen molar-refractivity contribution < 1.29 is 9.53 Å². The van der Waals surface area contributed by atoms with Gasteiger partial charge in [0.25, 0.3) is 0 Å². The van der Waals surface area contributed by atoms with Crippen LogP contribution >= 0.6 is 0 Å². The number of rotatable bonds is 9. The van der Waals surface area contributed by atoms with Gasteiger partial charge in [-0.05, 0) is 25.0 Å². The van der Waals surface area contributed by atoms with Crippen molar-refractivity contribution in [3.8, 4) is 0 Å². The van der Waals surface area contributed by atoms with Crippen LogP contribution < -0.4 is 16.4 Å². The molecule has 1 amide bonds. The third kappa shape index (κ3) is 5.73. The molecule has 5 heteroatoms. The van der Waals surface area contributed by atoms with Gasteiger partial charge in [-0.2, -0.15) is 0 Å². The van der Waals surface area contributed by atoms with Crippen LogP contribution in [0.15, 0.2) is 24.3 Å². The highest BCUT2D eigenvalue weighted by Gasteiger charge is 2.26. The van der Waals surface area contributed by atoms with Crippen LogP contribution in [-0.4, -0.2) is 31.7 Å². The van der Waals surface area contributed by atoms with Gasteiger partial charge in [0, 0.05) is 25.9 Å². The normalized spacial score (nSPS) is 13.5. The second kappa shape index (κ2) is 8.64. The van der Waals surface area contributed by atoms with E-state index in [4.69, 9.17) is 10.5 Å². The second-order valence-electron chi connectivity index (χ2n) is 5.43. The maximum atomic E-state index is 12.1. The number of hydrogen-bond donors (Lipinski definition) is 3. The van der Waals surface area contributed by atoms with Crippen LogP contribution in [-0.2, 0) is 16.1 Å². The molecule has 21 heavy (non-hydrogen) atoms. The highest BCUT2D eigenvalue weighted by Crippen LogP contribution is 2.15. The first-order chi connectivity index (χ1) is 10.0. The molecule has 4 N–H and O–H groups in total. The predicted octanol–water partition coefficient (Wildman–Crippen LogP) is 1.88. The lowest BCUT2D eigenvalue weighted by Crippen LogP contribution is -2.51. The fraction of sp³-hybridized carbons (Fsp3) is 0.562. The Morgan fingerprint density at radius 1 is 1.38 bits per heavy atom. The van der Waals surface area contributed by atoms with Gasteiger partial charge in [-0.3, -0.25) is 4.79 Å². The minimum absolute atomic E-state index is 0.115. The number of carbonyl (C=O) groups is 1. The van der Waals surface area contributed by atoms with E-state index in [0.29, 0.717) is 19.6 Å². The number of nitrogens with two attached hydrogens (primary N) is 1. The number of para-hydroxylation sites is 1. The molecule has 1 aromatic carbocycles. The molecule has 0 heterocycles. The molecule has 1 unspecified atom stereocenters. The molecule has 0 aliphatic heterocycles. The van der Waals surface area contributed by atoms with Gasteiger partial charge in [0.05, 0.1) is 12.1 Å². The van der Waals surface area contributed by atoms with Crippen LogP contribution in [0.1, 0.15) is 32.3 Å². The van der Waals surface area contributed by atoms with E-state index in [0.717, 1.165) is 24.2 Å². The maximum absolute atomic E-state index is 12.1. The summed E-state index contributed by atoms with van der Waals surface area (Å²) >= 11 is 0. The van der Waals surface area contributed by atoms with E-state index in [1.54, 1.807) is 14.0 Å². The first kappa shape index (κ1) is 17.5. The summed E-state index contributed by atoms with van der Waals surface area (Å²) in [6.07, 6.45) is 1.56. The highest BCUT2D eigenvalue weighted by molar-refractivity contribution is 5.85. The third-order valence-corrected chi connectivity index (χ3v) is 3.37. The van der Waals surface area contributed by atoms with Crippen molar-refractivity contribution in [2.75, 3.05) is 25.6 Å². The van der Waals surface area contributed by atoms with Crippen LogP contribution in [0.3, 0.4) is 0 Å². The van der Waals surface area contributed by atoms with Crippen LogP contribution in [0, 0.1) is 0 Å². The molecule has 0 saturated heterocycles. The van der Waals surface area contributed by atoms with E-state index < -0.39 is 5.54 Å². The Balaban J connectivity index is 2.60. The molecule has 0 saturated carbocycles. The summed E-state index contributed by atoms with van der Waals surface area (Å²) in [7, 11) is 1.67. The summed E-state index contributed by atoms with van der Waals surface area (Å²) in [5, 5.41) is 6.21. The molecular formula is C16H27N3O2. The fourth-order valence-electron chi connectivity index (χ4n) is 2.14. The first-order valence-corrected chi connectivity index (χ1v) is 7.39. The second-order valence-corrected chi connectivity index (χ2v) is 5.43. The molecule has 0 aliphatic carbocycles. The number of hydrogen-bond acceptors (Lipinski definition) is 4. The van der Waals surface area contributed by atoms with E-state index in [1.807, 2.05) is 31.2 Å². The highest BCUT2D eigenvalue weighted by atomic mass is 16.5. The van der Waals surface area contributed by atoms with Crippen molar-refractivity contribution in [3.63, 3.8) is 0 Å². The van der Waals surface area contributed by atoms with Gasteiger partial charge in [0.2, 0.25) is 5.91 Å². The zero-order valence-electron chi connectivity index (χ0n) is 13.2. The summed E-state index contributed by atoms with van der Waals surface area (Å²) in [5.74, 6) is -0.115. The molecule has 1 atom stereocenters. The number of carbonyl (C=O) groups excluding carboxylic acids is 1. The quantitative estimate of drug-likeness (QED) is 0.608. The van der Waals surface area contributed by atoms with Crippen LogP contribution in [0.5, 0.6) is 0 Å². The smallest absolute Gasteiger partial charge is 0.240 e. The lowest BCUT2D eigenvalue weighted by Gasteiger charge is -2.23. The van der Waals surface area contributed by atoms with E-state index in [1.165, 1.54) is 0 Å². The largest absolute Gasteiger partial charge is 0.383 e. The van der Waals surface area contributed by atoms with Crippen molar-refractivity contribution in [3.05, 3.63) is 29.8 Å². The van der Waals surface area contributed by atoms with E-state index >= 15 is 0 Å². The Kier molecular flexibility index (Phi) is 7.19. The first-order valence-electron chi connectivity index (χ1n) is 7.39. The van der Waals surface area contributed by atoms with Crippen molar-refractivity contribution in [1.82, 2.24) is 5.32 Å². The standard InChI is InChI=1S/C16H27N3O2/c1-4-9-16(2,17)15(20)19-12-13-7-5-6-8-14(13)18-10-11-21-3/h5-8,18H,4,9-12,17H2,1-3H3,(H,19,20). The van der Waals surface area contributed by atoms with Gasteiger partial charge in [0.1, 0.15) is 0 Å². The molecule has 5 nitrogen and oxygen atoms in total. The SMILES string of the molecule is CCCC(C)(N)C(=O)NCc1ccccc1NCCOC. The Labute approximate surface area is 127 Å². The lowest BCUT2D eigenvalue weighted by atomic mass is 9.96. The summed E-state index contributed by atoms with van der Waals surface area (Å²) in [6.45, 7) is 5.62. The number of nitrogens with one attached hydrogen (secondary N) is 2. The summed E-state index contributed by atoms with van der Waals surface area (Å²) < 4.78 is 5.02. The summed E-state index contributed by atoms with van der Waals surface area (Å²) in [4.78, 5) is 12.1. The van der Waals surface area contributed by atoms with Crippen molar-refractivity contribution in [2.45, 2.75) is 38.8 Å². The van der Waals surface area contributed by atoms with Gasteiger partial charge >= 0.3 is 0 Å². The van der Waals surface area contributed by atoms with E-state index in [-0.39, 0.29) is 5.91 Å². The molecule has 1 rings (SSSR count). The lowest BCUT2D eigenvalue weighted by molar-refractivity contribution is -0.126. The van der Waals surface area contributed by atoms with Gasteiger partial charge < -0.3 is 21.1 Å². The maximum Gasteiger partial charge on any atom is 0.240 e. The Morgan fingerprint density at radius 3 is 2.76 bits per heavy atom. The minimum atomic E-state index is -0.812. The van der Waals surface area contributed by atoms with Gasteiger partial charge in [0.15, 0.2) is 0 Å². The molecule has 0 radical (unpaired) electrons. The van der Waals surface area contributed by atoms with E-state index in [9.17, 15) is 4.79 Å². The molecule has 0 bridgehead atoms. The molecule has 0 aliphatic rings. The Hall–Kier alpha value is -1.59. The third-order valence-electron chi connectivity index (χ3n) is 3.37. The fourth-order valence-corrected chi connectivity index (χ4v) is 2.14. The van der Waals surface area contributed by atoms with Crippen molar-refractivity contribution in [2.24, 2.45) is 5.73 Å². The number of anilines is 1. The van der Waals surface area contributed by atoms with Crippen LogP contribution in [0.25, 0.3) is 0 Å².